The predicted octanol–water partition coefficient (Wildman–Crippen LogP) is 2.68. The van der Waals surface area contributed by atoms with Gasteiger partial charge in [0.2, 0.25) is 0 Å². The Labute approximate surface area is 114 Å². The van der Waals surface area contributed by atoms with E-state index in [4.69, 9.17) is 5.11 Å². The van der Waals surface area contributed by atoms with E-state index < -0.39 is 5.97 Å². The monoisotopic (exact) mass is 435 g/mol. The molecule has 14 heavy (non-hydrogen) atoms. The van der Waals surface area contributed by atoms with Crippen molar-refractivity contribution in [1.82, 2.24) is 0 Å². The molecule has 0 saturated heterocycles. The highest BCUT2D eigenvalue weighted by molar-refractivity contribution is 14.1. The molecule has 3 nitrogen and oxygen atoms in total. The van der Waals surface area contributed by atoms with Gasteiger partial charge in [0.25, 0.3) is 0 Å². The second-order valence-electron chi connectivity index (χ2n) is 2.54. The zero-order valence-electron chi connectivity index (χ0n) is 6.92. The van der Waals surface area contributed by atoms with E-state index >= 15 is 0 Å². The molecule has 0 fully saturated rings. The van der Waals surface area contributed by atoms with Crippen LogP contribution in [0.4, 0.5) is 5.69 Å². The Balaban J connectivity index is 2.84. The van der Waals surface area contributed by atoms with Crippen molar-refractivity contribution in [1.29, 1.82) is 0 Å². The van der Waals surface area contributed by atoms with E-state index in [1.54, 1.807) is 0 Å². The second kappa shape index (κ2) is 5.40. The van der Waals surface area contributed by atoms with E-state index in [1.807, 2.05) is 12.1 Å². The number of carboxylic acids is 1. The number of benzene rings is 1. The fraction of sp³-hybridized carbons (Fsp3) is 0.125. The number of aliphatic carboxylic acids is 1. The molecule has 0 amide bonds. The van der Waals surface area contributed by atoms with Gasteiger partial charge >= 0.3 is 5.97 Å². The summed E-state index contributed by atoms with van der Waals surface area (Å²) < 4.78 is 2.01. The predicted molar refractivity (Wildman–Crippen MR) is 75.3 cm³/mol. The van der Waals surface area contributed by atoms with E-state index in [2.05, 4.69) is 63.1 Å². The van der Waals surface area contributed by atoms with Crippen LogP contribution in [-0.2, 0) is 4.79 Å². The van der Waals surface area contributed by atoms with Crippen molar-refractivity contribution in [3.63, 3.8) is 0 Å². The van der Waals surface area contributed by atoms with Gasteiger partial charge in [0, 0.05) is 17.7 Å². The molecule has 0 aliphatic rings. The lowest BCUT2D eigenvalue weighted by molar-refractivity contribution is -0.134. The molecule has 1 aromatic rings. The second-order valence-corrected chi connectivity index (χ2v) is 5.31. The number of hydrogen-bond acceptors (Lipinski definition) is 3. The summed E-state index contributed by atoms with van der Waals surface area (Å²) in [7, 11) is 0. The quantitative estimate of drug-likeness (QED) is 0.506. The third-order valence-corrected chi connectivity index (χ3v) is 4.50. The number of rotatable bonds is 3. The SMILES string of the molecule is O=C(O)CNc1cc(I)c(S)c(I)c1. The van der Waals surface area contributed by atoms with Crippen LogP contribution in [0.2, 0.25) is 0 Å². The van der Waals surface area contributed by atoms with Crippen molar-refractivity contribution >= 4 is 69.5 Å². The van der Waals surface area contributed by atoms with Crippen LogP contribution in [0.15, 0.2) is 17.0 Å². The normalized spacial score (nSPS) is 9.93. The van der Waals surface area contributed by atoms with Gasteiger partial charge in [0.05, 0.1) is 0 Å². The van der Waals surface area contributed by atoms with E-state index in [0.29, 0.717) is 0 Å². The largest absolute Gasteiger partial charge is 0.480 e. The van der Waals surface area contributed by atoms with Crippen molar-refractivity contribution in [2.24, 2.45) is 0 Å². The van der Waals surface area contributed by atoms with Crippen LogP contribution in [0.25, 0.3) is 0 Å². The van der Waals surface area contributed by atoms with Crippen molar-refractivity contribution in [2.45, 2.75) is 4.90 Å². The molecule has 76 valence electrons. The van der Waals surface area contributed by atoms with Crippen LogP contribution < -0.4 is 5.32 Å². The van der Waals surface area contributed by atoms with E-state index in [9.17, 15) is 4.79 Å². The molecular formula is C8H7I2NO2S. The Morgan fingerprint density at radius 2 is 1.93 bits per heavy atom. The summed E-state index contributed by atoms with van der Waals surface area (Å²) in [5, 5.41) is 11.3. The van der Waals surface area contributed by atoms with Crippen molar-refractivity contribution < 1.29 is 9.90 Å². The Kier molecular flexibility index (Phi) is 4.77. The van der Waals surface area contributed by atoms with Crippen molar-refractivity contribution in [2.75, 3.05) is 11.9 Å². The molecule has 1 rings (SSSR count). The van der Waals surface area contributed by atoms with Gasteiger partial charge in [0.1, 0.15) is 6.54 Å². The molecule has 0 aromatic heterocycles. The van der Waals surface area contributed by atoms with Crippen LogP contribution in [0.1, 0.15) is 0 Å². The molecule has 0 aliphatic heterocycles. The smallest absolute Gasteiger partial charge is 0.322 e. The van der Waals surface area contributed by atoms with Gasteiger partial charge in [-0.15, -0.1) is 12.6 Å². The van der Waals surface area contributed by atoms with Crippen LogP contribution >= 0.6 is 57.8 Å². The van der Waals surface area contributed by atoms with Gasteiger partial charge in [0.15, 0.2) is 0 Å². The molecule has 0 radical (unpaired) electrons. The summed E-state index contributed by atoms with van der Waals surface area (Å²) >= 11 is 8.64. The molecular weight excluding hydrogens is 428 g/mol. The summed E-state index contributed by atoms with van der Waals surface area (Å²) in [6.45, 7) is -0.0714. The lowest BCUT2D eigenvalue weighted by Crippen LogP contribution is -2.12. The average molecular weight is 435 g/mol. The molecule has 6 heteroatoms. The molecule has 1 aromatic carbocycles. The Hall–Kier alpha value is 0.300. The number of carboxylic acid groups (broad SMARTS) is 1. The van der Waals surface area contributed by atoms with Gasteiger partial charge in [-0.2, -0.15) is 0 Å². The minimum absolute atomic E-state index is 0.0714. The first kappa shape index (κ1) is 12.4. The third kappa shape index (κ3) is 3.46. The molecule has 0 bridgehead atoms. The maximum atomic E-state index is 10.3. The van der Waals surface area contributed by atoms with Crippen LogP contribution in [0.3, 0.4) is 0 Å². The van der Waals surface area contributed by atoms with Gasteiger partial charge in [-0.25, -0.2) is 0 Å². The van der Waals surface area contributed by atoms with Crippen molar-refractivity contribution in [3.8, 4) is 0 Å². The van der Waals surface area contributed by atoms with E-state index in [0.717, 1.165) is 17.7 Å². The number of anilines is 1. The minimum atomic E-state index is -0.870. The zero-order chi connectivity index (χ0) is 10.7. The fourth-order valence-electron chi connectivity index (χ4n) is 0.845. The molecule has 0 spiro atoms. The summed E-state index contributed by atoms with van der Waals surface area (Å²) in [4.78, 5) is 11.3. The van der Waals surface area contributed by atoms with Crippen LogP contribution in [-0.4, -0.2) is 17.6 Å². The summed E-state index contributed by atoms with van der Waals surface area (Å²) in [5.74, 6) is -0.870. The standard InChI is InChI=1S/C8H7I2NO2S/c9-5-1-4(11-3-7(12)13)2-6(10)8(5)14/h1-2,11,14H,3H2,(H,12,13). The Morgan fingerprint density at radius 1 is 1.43 bits per heavy atom. The highest BCUT2D eigenvalue weighted by atomic mass is 127. The number of halogens is 2. The molecule has 0 unspecified atom stereocenters. The first-order valence-electron chi connectivity index (χ1n) is 3.64. The van der Waals surface area contributed by atoms with Gasteiger partial charge in [-0.05, 0) is 57.3 Å². The van der Waals surface area contributed by atoms with Crippen LogP contribution in [0, 0.1) is 7.14 Å². The lowest BCUT2D eigenvalue weighted by atomic mass is 10.3. The number of nitrogens with one attached hydrogen (secondary N) is 1. The Morgan fingerprint density at radius 3 is 2.36 bits per heavy atom. The minimum Gasteiger partial charge on any atom is -0.480 e. The zero-order valence-corrected chi connectivity index (χ0v) is 12.1. The van der Waals surface area contributed by atoms with Crippen LogP contribution in [0.5, 0.6) is 0 Å². The maximum Gasteiger partial charge on any atom is 0.322 e. The van der Waals surface area contributed by atoms with Gasteiger partial charge in [-0.1, -0.05) is 0 Å². The Bertz CT molecular complexity index is 347. The lowest BCUT2D eigenvalue weighted by Gasteiger charge is -2.07. The molecule has 0 atom stereocenters. The van der Waals surface area contributed by atoms with E-state index in [-0.39, 0.29) is 6.54 Å². The van der Waals surface area contributed by atoms with E-state index in [1.165, 1.54) is 0 Å². The van der Waals surface area contributed by atoms with Crippen molar-refractivity contribution in [3.05, 3.63) is 19.3 Å². The average Bonchev–Trinajstić information content (AvgIpc) is 2.10. The first-order valence-corrected chi connectivity index (χ1v) is 6.25. The fourth-order valence-corrected chi connectivity index (χ4v) is 2.74. The summed E-state index contributed by atoms with van der Waals surface area (Å²) in [6.07, 6.45) is 0. The van der Waals surface area contributed by atoms with Gasteiger partial charge < -0.3 is 10.4 Å². The molecule has 2 N–H and O–H groups in total. The van der Waals surface area contributed by atoms with Gasteiger partial charge in [-0.3, -0.25) is 4.79 Å². The first-order chi connectivity index (χ1) is 6.50. The highest BCUT2D eigenvalue weighted by Crippen LogP contribution is 2.26. The molecule has 0 aliphatic carbocycles. The summed E-state index contributed by atoms with van der Waals surface area (Å²) in [6, 6.07) is 3.74. The number of thiol groups is 1. The number of hydrogen-bond donors (Lipinski definition) is 3. The molecule has 0 saturated carbocycles. The topological polar surface area (TPSA) is 49.3 Å². The third-order valence-electron chi connectivity index (χ3n) is 1.46. The highest BCUT2D eigenvalue weighted by Gasteiger charge is 2.04. The summed E-state index contributed by atoms with van der Waals surface area (Å²) in [5.41, 5.74) is 0.805. The number of carbonyl (C=O) groups is 1. The molecule has 0 heterocycles. The maximum absolute atomic E-state index is 10.3.